The number of rotatable bonds is 6. The number of ether oxygens (including phenoxy) is 2. The largest absolute Gasteiger partial charge is 0.387 e. The molecule has 0 amide bonds. The zero-order chi connectivity index (χ0) is 11.1. The van der Waals surface area contributed by atoms with Gasteiger partial charge in [-0.25, -0.2) is 0 Å². The Morgan fingerprint density at radius 1 is 1.40 bits per heavy atom. The Bertz CT molecular complexity index is 169. The Morgan fingerprint density at radius 3 is 2.67 bits per heavy atom. The Balaban J connectivity index is 2.16. The van der Waals surface area contributed by atoms with E-state index in [1.54, 1.807) is 0 Å². The lowest BCUT2D eigenvalue weighted by atomic mass is 9.93. The van der Waals surface area contributed by atoms with E-state index in [0.717, 1.165) is 25.9 Å². The van der Waals surface area contributed by atoms with Crippen molar-refractivity contribution < 1.29 is 14.6 Å². The molecule has 0 radical (unpaired) electrons. The molecule has 0 bridgehead atoms. The van der Waals surface area contributed by atoms with E-state index < -0.39 is 5.60 Å². The van der Waals surface area contributed by atoms with E-state index in [1.165, 1.54) is 0 Å². The standard InChI is InChI=1S/C11H23NO3/c1-3-14-8-10(2)15-9-11(13)4-6-12-7-5-11/h10,12-13H,3-9H2,1-2H3. The average molecular weight is 217 g/mol. The second kappa shape index (κ2) is 6.43. The Hall–Kier alpha value is -0.160. The summed E-state index contributed by atoms with van der Waals surface area (Å²) in [4.78, 5) is 0. The number of nitrogens with one attached hydrogen (secondary N) is 1. The van der Waals surface area contributed by atoms with E-state index in [1.807, 2.05) is 13.8 Å². The number of hydrogen-bond acceptors (Lipinski definition) is 4. The highest BCUT2D eigenvalue weighted by Crippen LogP contribution is 2.18. The highest BCUT2D eigenvalue weighted by molar-refractivity contribution is 4.84. The summed E-state index contributed by atoms with van der Waals surface area (Å²) < 4.78 is 10.8. The zero-order valence-electron chi connectivity index (χ0n) is 9.79. The highest BCUT2D eigenvalue weighted by atomic mass is 16.5. The lowest BCUT2D eigenvalue weighted by Crippen LogP contribution is -2.46. The maximum Gasteiger partial charge on any atom is 0.0904 e. The zero-order valence-corrected chi connectivity index (χ0v) is 9.79. The van der Waals surface area contributed by atoms with Crippen LogP contribution < -0.4 is 5.32 Å². The monoisotopic (exact) mass is 217 g/mol. The first-order chi connectivity index (χ1) is 7.16. The van der Waals surface area contributed by atoms with Crippen LogP contribution in [0.3, 0.4) is 0 Å². The predicted octanol–water partition coefficient (Wildman–Crippen LogP) is 0.542. The first-order valence-corrected chi connectivity index (χ1v) is 5.79. The molecule has 0 aromatic carbocycles. The van der Waals surface area contributed by atoms with Gasteiger partial charge >= 0.3 is 0 Å². The summed E-state index contributed by atoms with van der Waals surface area (Å²) in [6.07, 6.45) is 1.60. The van der Waals surface area contributed by atoms with Crippen LogP contribution >= 0.6 is 0 Å². The van der Waals surface area contributed by atoms with Crippen molar-refractivity contribution in [2.24, 2.45) is 0 Å². The van der Waals surface area contributed by atoms with Crippen LogP contribution in [0.1, 0.15) is 26.7 Å². The summed E-state index contributed by atoms with van der Waals surface area (Å²) in [5.41, 5.74) is -0.633. The van der Waals surface area contributed by atoms with Crippen LogP contribution in [0.5, 0.6) is 0 Å². The average Bonchev–Trinajstić information content (AvgIpc) is 2.25. The van der Waals surface area contributed by atoms with Crippen molar-refractivity contribution in [2.75, 3.05) is 32.9 Å². The van der Waals surface area contributed by atoms with Crippen LogP contribution in [0.2, 0.25) is 0 Å². The van der Waals surface area contributed by atoms with Gasteiger partial charge in [-0.05, 0) is 39.8 Å². The van der Waals surface area contributed by atoms with E-state index in [2.05, 4.69) is 5.32 Å². The summed E-state index contributed by atoms with van der Waals surface area (Å²) in [7, 11) is 0. The van der Waals surface area contributed by atoms with Gasteiger partial charge in [-0.15, -0.1) is 0 Å². The molecule has 0 aromatic rings. The van der Waals surface area contributed by atoms with Gasteiger partial charge in [0.15, 0.2) is 0 Å². The molecule has 0 saturated carbocycles. The Labute approximate surface area is 92.0 Å². The molecule has 4 heteroatoms. The van der Waals surface area contributed by atoms with E-state index in [4.69, 9.17) is 9.47 Å². The van der Waals surface area contributed by atoms with Gasteiger partial charge in [0.25, 0.3) is 0 Å². The number of piperidine rings is 1. The van der Waals surface area contributed by atoms with Gasteiger partial charge in [-0.3, -0.25) is 0 Å². The molecule has 1 unspecified atom stereocenters. The molecular formula is C11H23NO3. The molecule has 1 atom stereocenters. The third-order valence-electron chi connectivity index (χ3n) is 2.73. The van der Waals surface area contributed by atoms with Crippen molar-refractivity contribution in [3.8, 4) is 0 Å². The van der Waals surface area contributed by atoms with Crippen molar-refractivity contribution in [3.63, 3.8) is 0 Å². The minimum absolute atomic E-state index is 0.0591. The smallest absolute Gasteiger partial charge is 0.0904 e. The lowest BCUT2D eigenvalue weighted by Gasteiger charge is -2.33. The Morgan fingerprint density at radius 2 is 2.07 bits per heavy atom. The molecule has 4 nitrogen and oxygen atoms in total. The third-order valence-corrected chi connectivity index (χ3v) is 2.73. The molecule has 2 N–H and O–H groups in total. The molecule has 15 heavy (non-hydrogen) atoms. The second-order valence-corrected chi connectivity index (χ2v) is 4.26. The van der Waals surface area contributed by atoms with E-state index in [-0.39, 0.29) is 6.10 Å². The first-order valence-electron chi connectivity index (χ1n) is 5.79. The quantitative estimate of drug-likeness (QED) is 0.682. The highest BCUT2D eigenvalue weighted by Gasteiger charge is 2.29. The molecule has 90 valence electrons. The topological polar surface area (TPSA) is 50.7 Å². The fraction of sp³-hybridized carbons (Fsp3) is 1.00. The first kappa shape index (κ1) is 12.9. The number of hydrogen-bond donors (Lipinski definition) is 2. The fourth-order valence-corrected chi connectivity index (χ4v) is 1.67. The maximum absolute atomic E-state index is 10.1. The van der Waals surface area contributed by atoms with Crippen molar-refractivity contribution in [1.29, 1.82) is 0 Å². The van der Waals surface area contributed by atoms with Crippen LogP contribution in [-0.4, -0.2) is 49.7 Å². The summed E-state index contributed by atoms with van der Waals surface area (Å²) in [5, 5.41) is 13.4. The van der Waals surface area contributed by atoms with E-state index in [0.29, 0.717) is 19.8 Å². The van der Waals surface area contributed by atoms with Crippen LogP contribution in [0, 0.1) is 0 Å². The minimum atomic E-state index is -0.633. The molecule has 1 saturated heterocycles. The van der Waals surface area contributed by atoms with Crippen LogP contribution in [0.25, 0.3) is 0 Å². The molecule has 0 aliphatic carbocycles. The molecule has 0 spiro atoms. The molecule has 1 rings (SSSR count). The van der Waals surface area contributed by atoms with Gasteiger partial charge in [0, 0.05) is 6.61 Å². The van der Waals surface area contributed by atoms with Gasteiger partial charge in [-0.1, -0.05) is 0 Å². The van der Waals surface area contributed by atoms with Crippen molar-refractivity contribution in [2.45, 2.75) is 38.4 Å². The molecule has 1 aliphatic heterocycles. The summed E-state index contributed by atoms with van der Waals surface area (Å²) in [6, 6.07) is 0. The van der Waals surface area contributed by atoms with Gasteiger partial charge in [0.05, 0.1) is 24.9 Å². The molecular weight excluding hydrogens is 194 g/mol. The van der Waals surface area contributed by atoms with Crippen molar-refractivity contribution in [1.82, 2.24) is 5.32 Å². The van der Waals surface area contributed by atoms with Gasteiger partial charge in [0.1, 0.15) is 0 Å². The summed E-state index contributed by atoms with van der Waals surface area (Å²) in [6.45, 7) is 7.42. The second-order valence-electron chi connectivity index (χ2n) is 4.26. The SMILES string of the molecule is CCOCC(C)OCC1(O)CCNCC1. The van der Waals surface area contributed by atoms with Crippen LogP contribution in [0.15, 0.2) is 0 Å². The minimum Gasteiger partial charge on any atom is -0.387 e. The molecule has 1 aliphatic rings. The van der Waals surface area contributed by atoms with Crippen LogP contribution in [0.4, 0.5) is 0 Å². The molecule has 1 heterocycles. The van der Waals surface area contributed by atoms with E-state index >= 15 is 0 Å². The fourth-order valence-electron chi connectivity index (χ4n) is 1.67. The maximum atomic E-state index is 10.1. The van der Waals surface area contributed by atoms with Crippen LogP contribution in [-0.2, 0) is 9.47 Å². The number of aliphatic hydroxyl groups is 1. The van der Waals surface area contributed by atoms with Gasteiger partial charge in [-0.2, -0.15) is 0 Å². The molecule has 0 aromatic heterocycles. The van der Waals surface area contributed by atoms with Gasteiger partial charge in [0.2, 0.25) is 0 Å². The van der Waals surface area contributed by atoms with Crippen molar-refractivity contribution >= 4 is 0 Å². The van der Waals surface area contributed by atoms with Crippen molar-refractivity contribution in [3.05, 3.63) is 0 Å². The molecule has 1 fully saturated rings. The van der Waals surface area contributed by atoms with E-state index in [9.17, 15) is 5.11 Å². The normalized spacial score (nSPS) is 22.6. The Kier molecular flexibility index (Phi) is 5.53. The third kappa shape index (κ3) is 4.93. The predicted molar refractivity (Wildman–Crippen MR) is 59.0 cm³/mol. The summed E-state index contributed by atoms with van der Waals surface area (Å²) in [5.74, 6) is 0. The van der Waals surface area contributed by atoms with Gasteiger partial charge < -0.3 is 19.9 Å². The lowest BCUT2D eigenvalue weighted by molar-refractivity contribution is -0.0976. The summed E-state index contributed by atoms with van der Waals surface area (Å²) >= 11 is 0.